The number of rotatable bonds is 5. The fourth-order valence-electron chi connectivity index (χ4n) is 1.63. The van der Waals surface area contributed by atoms with Crippen molar-refractivity contribution < 1.29 is 9.26 Å². The van der Waals surface area contributed by atoms with Crippen molar-refractivity contribution in [2.45, 2.75) is 44.8 Å². The smallest absolute Gasteiger partial charge is 0.258 e. The third-order valence-electron chi connectivity index (χ3n) is 3.45. The Morgan fingerprint density at radius 2 is 2.31 bits per heavy atom. The lowest BCUT2D eigenvalue weighted by Crippen LogP contribution is -2.24. The van der Waals surface area contributed by atoms with Gasteiger partial charge in [-0.2, -0.15) is 4.98 Å². The van der Waals surface area contributed by atoms with E-state index in [4.69, 9.17) is 15.0 Å². The Labute approximate surface area is 95.3 Å². The second-order valence-electron chi connectivity index (χ2n) is 4.61. The summed E-state index contributed by atoms with van der Waals surface area (Å²) in [6, 6.07) is -0.0875. The normalized spacial score (nSPS) is 21.8. The monoisotopic (exact) mass is 225 g/mol. The van der Waals surface area contributed by atoms with E-state index in [1.165, 1.54) is 12.8 Å². The third-order valence-corrected chi connectivity index (χ3v) is 3.45. The fourth-order valence-corrected chi connectivity index (χ4v) is 1.63. The van der Waals surface area contributed by atoms with Crippen LogP contribution in [-0.2, 0) is 10.3 Å². The number of hydrogen-bond acceptors (Lipinski definition) is 5. The summed E-state index contributed by atoms with van der Waals surface area (Å²) >= 11 is 0. The topological polar surface area (TPSA) is 74.2 Å². The van der Waals surface area contributed by atoms with E-state index < -0.39 is 5.60 Å². The highest BCUT2D eigenvalue weighted by molar-refractivity contribution is 5.03. The maximum atomic E-state index is 6.01. The molecule has 2 atom stereocenters. The van der Waals surface area contributed by atoms with Crippen molar-refractivity contribution in [3.05, 3.63) is 11.7 Å². The second-order valence-corrected chi connectivity index (χ2v) is 4.61. The first-order valence-corrected chi connectivity index (χ1v) is 5.75. The van der Waals surface area contributed by atoms with Crippen molar-refractivity contribution in [3.63, 3.8) is 0 Å². The fraction of sp³-hybridized carbons (Fsp3) is 0.818. The highest BCUT2D eigenvalue weighted by Gasteiger charge is 2.36. The molecule has 1 aliphatic carbocycles. The number of nitrogens with zero attached hydrogens (tertiary/aromatic N) is 2. The van der Waals surface area contributed by atoms with Crippen LogP contribution in [0.1, 0.15) is 50.9 Å². The van der Waals surface area contributed by atoms with Crippen LogP contribution in [0.15, 0.2) is 4.52 Å². The second kappa shape index (κ2) is 4.14. The lowest BCUT2D eigenvalue weighted by molar-refractivity contribution is -0.0272. The van der Waals surface area contributed by atoms with Gasteiger partial charge in [0.25, 0.3) is 5.89 Å². The molecule has 5 heteroatoms. The lowest BCUT2D eigenvalue weighted by Gasteiger charge is -2.21. The van der Waals surface area contributed by atoms with Gasteiger partial charge in [-0.25, -0.2) is 0 Å². The summed E-state index contributed by atoms with van der Waals surface area (Å²) in [5.74, 6) is 1.65. The molecule has 1 aromatic heterocycles. The highest BCUT2D eigenvalue weighted by atomic mass is 16.5. The van der Waals surface area contributed by atoms with E-state index in [-0.39, 0.29) is 6.04 Å². The van der Waals surface area contributed by atoms with Crippen molar-refractivity contribution in [2.75, 3.05) is 7.11 Å². The minimum Gasteiger partial charge on any atom is -0.369 e. The van der Waals surface area contributed by atoms with Crippen molar-refractivity contribution in [1.29, 1.82) is 0 Å². The van der Waals surface area contributed by atoms with E-state index in [0.29, 0.717) is 17.6 Å². The van der Waals surface area contributed by atoms with Gasteiger partial charge in [0.2, 0.25) is 0 Å². The maximum Gasteiger partial charge on any atom is 0.258 e. The number of aromatic nitrogens is 2. The molecule has 16 heavy (non-hydrogen) atoms. The molecule has 0 bridgehead atoms. The molecule has 0 radical (unpaired) electrons. The van der Waals surface area contributed by atoms with Gasteiger partial charge in [0.05, 0.1) is 6.04 Å². The van der Waals surface area contributed by atoms with E-state index in [2.05, 4.69) is 10.1 Å². The Bertz CT molecular complexity index is 356. The van der Waals surface area contributed by atoms with Gasteiger partial charge < -0.3 is 15.0 Å². The van der Waals surface area contributed by atoms with E-state index >= 15 is 0 Å². The molecule has 0 saturated heterocycles. The summed E-state index contributed by atoms with van der Waals surface area (Å²) in [5.41, 5.74) is 5.51. The Morgan fingerprint density at radius 3 is 2.81 bits per heavy atom. The number of ether oxygens (including phenoxy) is 1. The summed E-state index contributed by atoms with van der Waals surface area (Å²) < 4.78 is 10.6. The van der Waals surface area contributed by atoms with Gasteiger partial charge in [0.15, 0.2) is 5.82 Å². The Kier molecular flexibility index (Phi) is 2.99. The van der Waals surface area contributed by atoms with Gasteiger partial charge in [-0.15, -0.1) is 0 Å². The maximum absolute atomic E-state index is 6.01. The number of nitrogens with two attached hydrogens (primary N) is 1. The standard InChI is InChI=1S/C11H19N3O2/c1-4-11(2,15-3)10-13-9(14-16-10)8(12)7-5-6-7/h7-8H,4-6,12H2,1-3H3. The predicted octanol–water partition coefficient (Wildman–Crippen LogP) is 1.75. The molecule has 0 amide bonds. The molecular weight excluding hydrogens is 206 g/mol. The molecule has 1 heterocycles. The molecule has 2 N–H and O–H groups in total. The summed E-state index contributed by atoms with van der Waals surface area (Å²) in [4.78, 5) is 4.36. The van der Waals surface area contributed by atoms with Crippen molar-refractivity contribution in [2.24, 2.45) is 11.7 Å². The summed E-state index contributed by atoms with van der Waals surface area (Å²) in [6.45, 7) is 3.96. The van der Waals surface area contributed by atoms with E-state index in [1.807, 2.05) is 13.8 Å². The van der Waals surface area contributed by atoms with Gasteiger partial charge in [-0.05, 0) is 32.1 Å². The van der Waals surface area contributed by atoms with Crippen LogP contribution in [0, 0.1) is 5.92 Å². The zero-order valence-corrected chi connectivity index (χ0v) is 10.1. The van der Waals surface area contributed by atoms with Crippen LogP contribution < -0.4 is 5.73 Å². The SMILES string of the molecule is CCC(C)(OC)c1nc(C(N)C2CC2)no1. The molecular formula is C11H19N3O2. The average Bonchev–Trinajstić information content (AvgIpc) is 3.04. The molecule has 0 aromatic carbocycles. The summed E-state index contributed by atoms with van der Waals surface area (Å²) in [5, 5.41) is 3.95. The largest absolute Gasteiger partial charge is 0.369 e. The predicted molar refractivity (Wildman–Crippen MR) is 58.6 cm³/mol. The van der Waals surface area contributed by atoms with Gasteiger partial charge in [0, 0.05) is 7.11 Å². The van der Waals surface area contributed by atoms with E-state index in [1.54, 1.807) is 7.11 Å². The Balaban J connectivity index is 2.17. The molecule has 90 valence electrons. The molecule has 2 rings (SSSR count). The van der Waals surface area contributed by atoms with Crippen molar-refractivity contribution in [3.8, 4) is 0 Å². The van der Waals surface area contributed by atoms with E-state index in [0.717, 1.165) is 6.42 Å². The van der Waals surface area contributed by atoms with Crippen LogP contribution in [0.4, 0.5) is 0 Å². The van der Waals surface area contributed by atoms with Crippen LogP contribution in [0.3, 0.4) is 0 Å². The van der Waals surface area contributed by atoms with Crippen LogP contribution in [0.5, 0.6) is 0 Å². The molecule has 2 unspecified atom stereocenters. The molecule has 1 saturated carbocycles. The molecule has 1 aromatic rings. The molecule has 1 aliphatic rings. The average molecular weight is 225 g/mol. The van der Waals surface area contributed by atoms with Gasteiger partial charge in [-0.1, -0.05) is 12.1 Å². The Morgan fingerprint density at radius 1 is 1.62 bits per heavy atom. The van der Waals surface area contributed by atoms with Crippen LogP contribution in [-0.4, -0.2) is 17.3 Å². The highest BCUT2D eigenvalue weighted by Crippen LogP contribution is 2.39. The lowest BCUT2D eigenvalue weighted by atomic mass is 10.0. The molecule has 0 spiro atoms. The molecule has 1 fully saturated rings. The number of hydrogen-bond donors (Lipinski definition) is 1. The van der Waals surface area contributed by atoms with Crippen LogP contribution in [0.2, 0.25) is 0 Å². The quantitative estimate of drug-likeness (QED) is 0.826. The van der Waals surface area contributed by atoms with Gasteiger partial charge >= 0.3 is 0 Å². The molecule has 0 aliphatic heterocycles. The first-order chi connectivity index (χ1) is 7.60. The van der Waals surface area contributed by atoms with E-state index in [9.17, 15) is 0 Å². The molecule has 5 nitrogen and oxygen atoms in total. The zero-order chi connectivity index (χ0) is 11.8. The Hall–Kier alpha value is -0.940. The first-order valence-electron chi connectivity index (χ1n) is 5.75. The van der Waals surface area contributed by atoms with Crippen LogP contribution in [0.25, 0.3) is 0 Å². The summed E-state index contributed by atoms with van der Waals surface area (Å²) in [6.07, 6.45) is 3.12. The summed E-state index contributed by atoms with van der Waals surface area (Å²) in [7, 11) is 1.65. The number of methoxy groups -OCH3 is 1. The van der Waals surface area contributed by atoms with Gasteiger partial charge in [0.1, 0.15) is 5.60 Å². The first kappa shape index (κ1) is 11.5. The van der Waals surface area contributed by atoms with Crippen molar-refractivity contribution >= 4 is 0 Å². The van der Waals surface area contributed by atoms with Gasteiger partial charge in [-0.3, -0.25) is 0 Å². The van der Waals surface area contributed by atoms with Crippen molar-refractivity contribution in [1.82, 2.24) is 10.1 Å². The zero-order valence-electron chi connectivity index (χ0n) is 10.1. The third kappa shape index (κ3) is 1.97. The minimum absolute atomic E-state index is 0.0875. The minimum atomic E-state index is -0.505. The van der Waals surface area contributed by atoms with Crippen LogP contribution >= 0.6 is 0 Å².